The average molecular weight is 483 g/mol. The number of rotatable bonds is 6. The van der Waals surface area contributed by atoms with Gasteiger partial charge >= 0.3 is 0 Å². The lowest BCUT2D eigenvalue weighted by molar-refractivity contribution is -0.111. The lowest BCUT2D eigenvalue weighted by atomic mass is 9.96. The van der Waals surface area contributed by atoms with E-state index in [1.165, 1.54) is 6.08 Å². The van der Waals surface area contributed by atoms with E-state index in [0.717, 1.165) is 44.0 Å². The zero-order valence-electron chi connectivity index (χ0n) is 19.3. The number of aromatic nitrogens is 1. The number of hydrogen-bond donors (Lipinski definition) is 1. The number of nitrogens with one attached hydrogen (secondary N) is 1. The molecule has 35 heavy (non-hydrogen) atoms. The third kappa shape index (κ3) is 4.51. The van der Waals surface area contributed by atoms with Gasteiger partial charge < -0.3 is 14.5 Å². The van der Waals surface area contributed by atoms with Crippen molar-refractivity contribution in [2.45, 2.75) is 13.8 Å². The lowest BCUT2D eigenvalue weighted by Crippen LogP contribution is -2.09. The molecule has 0 fully saturated rings. The summed E-state index contributed by atoms with van der Waals surface area (Å²) in [5.41, 5.74) is 4.81. The van der Waals surface area contributed by atoms with Crippen molar-refractivity contribution in [2.75, 3.05) is 11.9 Å². The molecule has 1 N–H and O–H groups in total. The first-order chi connectivity index (χ1) is 17.0. The Bertz CT molecular complexity index is 1580. The minimum atomic E-state index is -0.304. The second-order valence-electron chi connectivity index (χ2n) is 8.11. The zero-order chi connectivity index (χ0) is 24.4. The van der Waals surface area contributed by atoms with E-state index in [1.54, 1.807) is 24.6 Å². The van der Waals surface area contributed by atoms with Gasteiger partial charge in [0.05, 0.1) is 18.6 Å². The zero-order valence-corrected chi connectivity index (χ0v) is 20.1. The van der Waals surface area contributed by atoms with E-state index in [2.05, 4.69) is 34.6 Å². The van der Waals surface area contributed by atoms with Crippen LogP contribution in [-0.4, -0.2) is 17.5 Å². The Balaban J connectivity index is 1.59. The molecule has 5 aromatic rings. The fourth-order valence-electron chi connectivity index (χ4n) is 4.23. The first-order valence-electron chi connectivity index (χ1n) is 11.3. The number of amides is 1. The molecule has 0 atom stereocenters. The summed E-state index contributed by atoms with van der Waals surface area (Å²) < 4.78 is 11.9. The number of furan rings is 1. The SMILES string of the molecule is CCOc1cc2occ(-c3cccc4ccccc34)c2cc1/C(C)=C/C(=O)Nc1cccnc1Cl. The topological polar surface area (TPSA) is 64.4 Å². The van der Waals surface area contributed by atoms with Crippen molar-refractivity contribution in [3.05, 3.63) is 96.0 Å². The van der Waals surface area contributed by atoms with Gasteiger partial charge in [0.2, 0.25) is 5.91 Å². The van der Waals surface area contributed by atoms with Crippen LogP contribution in [0.15, 0.2) is 89.7 Å². The first kappa shape index (κ1) is 22.7. The van der Waals surface area contributed by atoms with Gasteiger partial charge in [-0.3, -0.25) is 4.79 Å². The van der Waals surface area contributed by atoms with Crippen molar-refractivity contribution in [1.82, 2.24) is 4.98 Å². The number of fused-ring (bicyclic) bond motifs is 2. The molecule has 0 aliphatic carbocycles. The highest BCUT2D eigenvalue weighted by Gasteiger charge is 2.17. The molecule has 6 heteroatoms. The van der Waals surface area contributed by atoms with Gasteiger partial charge in [0, 0.05) is 34.9 Å². The number of carbonyl (C=O) groups is 1. The Labute approximate surface area is 208 Å². The van der Waals surface area contributed by atoms with Crippen LogP contribution in [0.25, 0.3) is 38.4 Å². The molecule has 0 aliphatic heterocycles. The van der Waals surface area contributed by atoms with E-state index in [-0.39, 0.29) is 11.1 Å². The van der Waals surface area contributed by atoms with Gasteiger partial charge in [0.15, 0.2) is 5.15 Å². The normalized spacial score (nSPS) is 11.7. The molecule has 2 aromatic heterocycles. The molecule has 5 rings (SSSR count). The summed E-state index contributed by atoms with van der Waals surface area (Å²) >= 11 is 6.08. The van der Waals surface area contributed by atoms with Gasteiger partial charge in [0.1, 0.15) is 11.3 Å². The summed E-state index contributed by atoms with van der Waals surface area (Å²) in [4.78, 5) is 16.7. The second-order valence-corrected chi connectivity index (χ2v) is 8.47. The van der Waals surface area contributed by atoms with Gasteiger partial charge in [-0.1, -0.05) is 54.1 Å². The first-order valence-corrected chi connectivity index (χ1v) is 11.7. The standard InChI is InChI=1S/C29H23ClN2O3/c1-3-34-26-16-27-23(24(17-35-27)21-11-6-9-19-8-4-5-10-20(19)21)15-22(26)18(2)14-28(33)32-25-12-7-13-31-29(25)30/h4-17H,3H2,1-2H3,(H,32,33)/b18-14+. The number of anilines is 1. The summed E-state index contributed by atoms with van der Waals surface area (Å²) in [6, 6.07) is 21.8. The van der Waals surface area contributed by atoms with Crippen molar-refractivity contribution in [3.8, 4) is 16.9 Å². The highest BCUT2D eigenvalue weighted by molar-refractivity contribution is 6.32. The maximum Gasteiger partial charge on any atom is 0.248 e. The molecule has 0 bridgehead atoms. The van der Waals surface area contributed by atoms with E-state index < -0.39 is 0 Å². The Kier molecular flexibility index (Phi) is 6.25. The predicted molar refractivity (Wildman–Crippen MR) is 142 cm³/mol. The molecule has 2 heterocycles. The Morgan fingerprint density at radius 1 is 1.06 bits per heavy atom. The third-order valence-corrected chi connectivity index (χ3v) is 6.15. The average Bonchev–Trinajstić information content (AvgIpc) is 3.27. The summed E-state index contributed by atoms with van der Waals surface area (Å²) in [6.45, 7) is 4.29. The number of allylic oxidation sites excluding steroid dienone is 1. The largest absolute Gasteiger partial charge is 0.493 e. The number of nitrogens with zero attached hydrogens (tertiary/aromatic N) is 1. The van der Waals surface area contributed by atoms with E-state index in [4.69, 9.17) is 20.8 Å². The lowest BCUT2D eigenvalue weighted by Gasteiger charge is -2.12. The molecule has 0 aliphatic rings. The number of carbonyl (C=O) groups excluding carboxylic acids is 1. The smallest absolute Gasteiger partial charge is 0.248 e. The maximum atomic E-state index is 12.7. The van der Waals surface area contributed by atoms with Crippen molar-refractivity contribution >= 4 is 50.5 Å². The quantitative estimate of drug-likeness (QED) is 0.198. The molecule has 0 radical (unpaired) electrons. The van der Waals surface area contributed by atoms with E-state index in [9.17, 15) is 4.79 Å². The van der Waals surface area contributed by atoms with Crippen molar-refractivity contribution in [3.63, 3.8) is 0 Å². The molecule has 0 unspecified atom stereocenters. The van der Waals surface area contributed by atoms with Crippen LogP contribution in [0, 0.1) is 0 Å². The van der Waals surface area contributed by atoms with Crippen LogP contribution in [-0.2, 0) is 4.79 Å². The third-order valence-electron chi connectivity index (χ3n) is 5.84. The molecule has 0 spiro atoms. The van der Waals surface area contributed by atoms with Gasteiger partial charge in [-0.2, -0.15) is 0 Å². The van der Waals surface area contributed by atoms with Crippen molar-refractivity contribution < 1.29 is 13.9 Å². The van der Waals surface area contributed by atoms with Crippen LogP contribution < -0.4 is 10.1 Å². The Morgan fingerprint density at radius 3 is 2.71 bits per heavy atom. The van der Waals surface area contributed by atoms with E-state index in [1.807, 2.05) is 44.2 Å². The fraction of sp³-hybridized carbons (Fsp3) is 0.103. The maximum absolute atomic E-state index is 12.7. The van der Waals surface area contributed by atoms with Crippen LogP contribution >= 0.6 is 11.6 Å². The van der Waals surface area contributed by atoms with Crippen molar-refractivity contribution in [1.29, 1.82) is 0 Å². The molecule has 1 amide bonds. The second kappa shape index (κ2) is 9.65. The fourth-order valence-corrected chi connectivity index (χ4v) is 4.40. The Morgan fingerprint density at radius 2 is 1.89 bits per heavy atom. The van der Waals surface area contributed by atoms with Gasteiger partial charge in [-0.05, 0) is 54.0 Å². The molecular weight excluding hydrogens is 460 g/mol. The minimum absolute atomic E-state index is 0.237. The van der Waals surface area contributed by atoms with Gasteiger partial charge in [-0.15, -0.1) is 0 Å². The van der Waals surface area contributed by atoms with Gasteiger partial charge in [-0.25, -0.2) is 4.98 Å². The Hall–Kier alpha value is -4.09. The number of benzene rings is 3. The number of ether oxygens (including phenoxy) is 1. The van der Waals surface area contributed by atoms with Crippen LogP contribution in [0.4, 0.5) is 5.69 Å². The summed E-state index contributed by atoms with van der Waals surface area (Å²) in [5, 5.41) is 6.27. The van der Waals surface area contributed by atoms with Crippen LogP contribution in [0.2, 0.25) is 5.15 Å². The molecule has 0 saturated heterocycles. The van der Waals surface area contributed by atoms with Crippen LogP contribution in [0.3, 0.4) is 0 Å². The molecule has 5 nitrogen and oxygen atoms in total. The summed E-state index contributed by atoms with van der Waals surface area (Å²) in [5.74, 6) is 0.348. The van der Waals surface area contributed by atoms with Crippen LogP contribution in [0.1, 0.15) is 19.4 Å². The summed E-state index contributed by atoms with van der Waals surface area (Å²) in [7, 11) is 0. The molecule has 0 saturated carbocycles. The molecule has 3 aromatic carbocycles. The monoisotopic (exact) mass is 482 g/mol. The minimum Gasteiger partial charge on any atom is -0.493 e. The number of hydrogen-bond acceptors (Lipinski definition) is 4. The highest BCUT2D eigenvalue weighted by atomic mass is 35.5. The highest BCUT2D eigenvalue weighted by Crippen LogP contribution is 2.39. The van der Waals surface area contributed by atoms with Gasteiger partial charge in [0.25, 0.3) is 0 Å². The van der Waals surface area contributed by atoms with E-state index in [0.29, 0.717) is 18.0 Å². The van der Waals surface area contributed by atoms with E-state index >= 15 is 0 Å². The number of halogens is 1. The molecule has 174 valence electrons. The predicted octanol–water partition coefficient (Wildman–Crippen LogP) is 7.74. The van der Waals surface area contributed by atoms with Crippen molar-refractivity contribution in [2.24, 2.45) is 0 Å². The number of pyridine rings is 1. The summed E-state index contributed by atoms with van der Waals surface area (Å²) in [6.07, 6.45) is 4.88. The molecular formula is C29H23ClN2O3. The van der Waals surface area contributed by atoms with Crippen LogP contribution in [0.5, 0.6) is 5.75 Å².